The number of hydrogen-bond acceptors (Lipinski definition) is 5. The molecule has 2 aromatic carbocycles. The number of rotatable bonds is 5. The monoisotopic (exact) mass is 475 g/mol. The van der Waals surface area contributed by atoms with Crippen LogP contribution < -0.4 is 10.3 Å². The van der Waals surface area contributed by atoms with Gasteiger partial charge >= 0.3 is 0 Å². The summed E-state index contributed by atoms with van der Waals surface area (Å²) in [6.07, 6.45) is 1.69. The van der Waals surface area contributed by atoms with Gasteiger partial charge in [-0.15, -0.1) is 0 Å². The fourth-order valence-electron chi connectivity index (χ4n) is 4.28. The second-order valence-corrected chi connectivity index (χ2v) is 8.91. The zero-order valence-corrected chi connectivity index (χ0v) is 20.6. The molecule has 0 aliphatic rings. The van der Waals surface area contributed by atoms with Gasteiger partial charge in [0.1, 0.15) is 12.3 Å². The van der Waals surface area contributed by atoms with E-state index < -0.39 is 0 Å². The lowest BCUT2D eigenvalue weighted by Crippen LogP contribution is -2.19. The van der Waals surface area contributed by atoms with Crippen molar-refractivity contribution in [3.63, 3.8) is 0 Å². The van der Waals surface area contributed by atoms with Gasteiger partial charge in [0.25, 0.3) is 5.56 Å². The average Bonchev–Trinajstić information content (AvgIpc) is 3.25. The fourth-order valence-corrected chi connectivity index (χ4v) is 4.28. The van der Waals surface area contributed by atoms with Gasteiger partial charge in [0.2, 0.25) is 0 Å². The van der Waals surface area contributed by atoms with E-state index in [1.807, 2.05) is 50.6 Å². The van der Waals surface area contributed by atoms with Gasteiger partial charge < -0.3 is 4.74 Å². The zero-order chi connectivity index (χ0) is 25.4. The fraction of sp³-hybridized carbons (Fsp3) is 0.172. The predicted octanol–water partition coefficient (Wildman–Crippen LogP) is 5.23. The molecule has 5 aromatic rings. The summed E-state index contributed by atoms with van der Waals surface area (Å²) >= 11 is 0. The zero-order valence-electron chi connectivity index (χ0n) is 20.6. The Labute approximate surface area is 208 Å². The molecule has 0 spiro atoms. The lowest BCUT2D eigenvalue weighted by atomic mass is 10.1. The number of benzene rings is 2. The van der Waals surface area contributed by atoms with Crippen molar-refractivity contribution < 1.29 is 4.74 Å². The van der Waals surface area contributed by atoms with Crippen LogP contribution >= 0.6 is 0 Å². The summed E-state index contributed by atoms with van der Waals surface area (Å²) in [6.45, 7) is 8.19. The van der Waals surface area contributed by atoms with Crippen LogP contribution in [0.3, 0.4) is 0 Å². The molecule has 0 atom stereocenters. The van der Waals surface area contributed by atoms with Crippen molar-refractivity contribution >= 4 is 5.65 Å². The molecule has 3 aromatic heterocycles. The molecule has 0 aliphatic heterocycles. The molecule has 0 bridgehead atoms. The maximum atomic E-state index is 13.6. The van der Waals surface area contributed by atoms with E-state index in [9.17, 15) is 4.79 Å². The summed E-state index contributed by atoms with van der Waals surface area (Å²) < 4.78 is 9.40. The van der Waals surface area contributed by atoms with Crippen LogP contribution in [-0.2, 0) is 6.61 Å². The number of pyridine rings is 1. The first-order valence-electron chi connectivity index (χ1n) is 11.6. The molecule has 0 amide bonds. The Morgan fingerprint density at radius 3 is 2.53 bits per heavy atom. The van der Waals surface area contributed by atoms with Crippen LogP contribution in [0.1, 0.15) is 33.6 Å². The molecule has 7 nitrogen and oxygen atoms in total. The van der Waals surface area contributed by atoms with Crippen LogP contribution in [0.2, 0.25) is 0 Å². The SMILES string of the molecule is Cc1ccc(C)c(-n2nc(-c3c(C)nc4c(OCc5ccc(C#N)cc5)cccn4c3=O)cc2C)c1. The summed E-state index contributed by atoms with van der Waals surface area (Å²) in [7, 11) is 0. The highest BCUT2D eigenvalue weighted by Gasteiger charge is 2.19. The van der Waals surface area contributed by atoms with E-state index in [0.717, 1.165) is 28.1 Å². The molecule has 7 heteroatoms. The first-order chi connectivity index (χ1) is 17.4. The third-order valence-corrected chi connectivity index (χ3v) is 6.21. The lowest BCUT2D eigenvalue weighted by Gasteiger charge is -2.12. The first-order valence-corrected chi connectivity index (χ1v) is 11.6. The molecule has 5 rings (SSSR count). The quantitative estimate of drug-likeness (QED) is 0.347. The van der Waals surface area contributed by atoms with Crippen molar-refractivity contribution in [3.05, 3.63) is 111 Å². The van der Waals surface area contributed by atoms with E-state index in [4.69, 9.17) is 20.1 Å². The summed E-state index contributed by atoms with van der Waals surface area (Å²) in [5, 5.41) is 13.8. The van der Waals surface area contributed by atoms with E-state index >= 15 is 0 Å². The van der Waals surface area contributed by atoms with E-state index in [0.29, 0.717) is 40.5 Å². The van der Waals surface area contributed by atoms with Crippen LogP contribution in [0.15, 0.2) is 71.7 Å². The highest BCUT2D eigenvalue weighted by Crippen LogP contribution is 2.25. The second-order valence-electron chi connectivity index (χ2n) is 8.91. The van der Waals surface area contributed by atoms with Crippen LogP contribution in [0.5, 0.6) is 5.75 Å². The molecule has 0 radical (unpaired) electrons. The maximum absolute atomic E-state index is 13.6. The van der Waals surface area contributed by atoms with Gasteiger partial charge in [-0.2, -0.15) is 10.4 Å². The van der Waals surface area contributed by atoms with E-state index in [-0.39, 0.29) is 5.56 Å². The van der Waals surface area contributed by atoms with Crippen molar-refractivity contribution in [3.8, 4) is 28.8 Å². The Balaban J connectivity index is 1.54. The lowest BCUT2D eigenvalue weighted by molar-refractivity contribution is 0.308. The molecule has 3 heterocycles. The molecular weight excluding hydrogens is 450 g/mol. The van der Waals surface area contributed by atoms with Gasteiger partial charge in [-0.3, -0.25) is 9.20 Å². The molecule has 0 fully saturated rings. The molecule has 0 saturated carbocycles. The van der Waals surface area contributed by atoms with Gasteiger partial charge in [-0.1, -0.05) is 24.3 Å². The molecule has 36 heavy (non-hydrogen) atoms. The summed E-state index contributed by atoms with van der Waals surface area (Å²) in [5.41, 5.74) is 7.55. The number of nitriles is 1. The van der Waals surface area contributed by atoms with Crippen LogP contribution in [0.25, 0.3) is 22.6 Å². The Bertz CT molecular complexity index is 1710. The number of aryl methyl sites for hydroxylation is 4. The van der Waals surface area contributed by atoms with Crippen molar-refractivity contribution in [1.29, 1.82) is 5.26 Å². The van der Waals surface area contributed by atoms with Gasteiger partial charge in [0.05, 0.1) is 28.6 Å². The number of nitrogens with zero attached hydrogens (tertiary/aromatic N) is 5. The minimum absolute atomic E-state index is 0.202. The number of ether oxygens (including phenoxy) is 1. The molecule has 0 saturated heterocycles. The van der Waals surface area contributed by atoms with E-state index in [1.165, 1.54) is 4.40 Å². The molecule has 0 aliphatic carbocycles. The normalized spacial score (nSPS) is 11.0. The van der Waals surface area contributed by atoms with E-state index in [2.05, 4.69) is 24.3 Å². The van der Waals surface area contributed by atoms with Crippen LogP contribution in [0, 0.1) is 39.0 Å². The van der Waals surface area contributed by atoms with Crippen LogP contribution in [0.4, 0.5) is 0 Å². The van der Waals surface area contributed by atoms with Gasteiger partial charge in [0, 0.05) is 11.9 Å². The molecular formula is C29H25N5O2. The summed E-state index contributed by atoms with van der Waals surface area (Å²) in [4.78, 5) is 18.4. The Morgan fingerprint density at radius 2 is 1.78 bits per heavy atom. The second kappa shape index (κ2) is 9.16. The largest absolute Gasteiger partial charge is 0.485 e. The number of fused-ring (bicyclic) bond motifs is 1. The van der Waals surface area contributed by atoms with Crippen LogP contribution in [-0.4, -0.2) is 19.2 Å². The minimum atomic E-state index is -0.202. The summed E-state index contributed by atoms with van der Waals surface area (Å²) in [5.74, 6) is 0.505. The number of aromatic nitrogens is 4. The Morgan fingerprint density at radius 1 is 1.00 bits per heavy atom. The van der Waals surface area contributed by atoms with Crippen molar-refractivity contribution in [2.75, 3.05) is 0 Å². The Hall–Kier alpha value is -4.70. The highest BCUT2D eigenvalue weighted by atomic mass is 16.5. The Kier molecular flexibility index (Phi) is 5.87. The van der Waals surface area contributed by atoms with E-state index in [1.54, 1.807) is 30.5 Å². The highest BCUT2D eigenvalue weighted by molar-refractivity contribution is 5.66. The molecule has 0 N–H and O–H groups in total. The molecule has 178 valence electrons. The first kappa shape index (κ1) is 23.1. The maximum Gasteiger partial charge on any atom is 0.267 e. The van der Waals surface area contributed by atoms with Crippen molar-refractivity contribution in [2.24, 2.45) is 0 Å². The van der Waals surface area contributed by atoms with Crippen molar-refractivity contribution in [1.82, 2.24) is 19.2 Å². The predicted molar refractivity (Wildman–Crippen MR) is 138 cm³/mol. The van der Waals surface area contributed by atoms with Gasteiger partial charge in [-0.25, -0.2) is 9.67 Å². The van der Waals surface area contributed by atoms with Gasteiger partial charge in [-0.05, 0) is 80.8 Å². The topological polar surface area (TPSA) is 85.2 Å². The minimum Gasteiger partial charge on any atom is -0.485 e. The van der Waals surface area contributed by atoms with Crippen molar-refractivity contribution in [2.45, 2.75) is 34.3 Å². The smallest absolute Gasteiger partial charge is 0.267 e. The standard InChI is InChI=1S/C29H25N5O2/c1-18-7-8-19(2)25(14-18)34-20(3)15-24(32-34)27-21(4)31-28-26(6-5-13-33(28)29(27)35)36-17-23-11-9-22(16-30)10-12-23/h5-15H,17H2,1-4H3. The summed E-state index contributed by atoms with van der Waals surface area (Å²) in [6, 6.07) is 21.0. The average molecular weight is 476 g/mol. The number of hydrogen-bond donors (Lipinski definition) is 0. The molecule has 0 unspecified atom stereocenters. The third kappa shape index (κ3) is 4.14. The third-order valence-electron chi connectivity index (χ3n) is 6.21. The van der Waals surface area contributed by atoms with Gasteiger partial charge in [0.15, 0.2) is 11.4 Å².